The molecule has 1 aliphatic carbocycles. The molecule has 4 aromatic rings. The summed E-state index contributed by atoms with van der Waals surface area (Å²) in [4.78, 5) is 30.9. The minimum atomic E-state index is -0.235. The van der Waals surface area contributed by atoms with Crippen LogP contribution in [0.5, 0.6) is 0 Å². The van der Waals surface area contributed by atoms with Crippen LogP contribution in [0.2, 0.25) is 0 Å². The molecule has 1 spiro atoms. The van der Waals surface area contributed by atoms with E-state index < -0.39 is 0 Å². The molecule has 6 rings (SSSR count). The zero-order chi connectivity index (χ0) is 24.9. The second-order valence-electron chi connectivity index (χ2n) is 9.81. The summed E-state index contributed by atoms with van der Waals surface area (Å²) in [6.07, 6.45) is 13.7. The summed E-state index contributed by atoms with van der Waals surface area (Å²) in [5.74, 6) is -0.320. The number of thiophene rings is 1. The number of aromatic nitrogens is 4. The maximum Gasteiger partial charge on any atom is 0.261 e. The summed E-state index contributed by atoms with van der Waals surface area (Å²) in [7, 11) is 1.87. The number of likely N-dealkylation sites (tertiary alicyclic amines) is 1. The van der Waals surface area contributed by atoms with Crippen LogP contribution in [0, 0.1) is 6.92 Å². The molecular formula is C25H29N7O2S2. The minimum absolute atomic E-state index is 0.0854. The molecule has 1 saturated carbocycles. The summed E-state index contributed by atoms with van der Waals surface area (Å²) in [6, 6.07) is 1.85. The van der Waals surface area contributed by atoms with E-state index >= 15 is 0 Å². The Morgan fingerprint density at radius 1 is 1.08 bits per heavy atom. The highest BCUT2D eigenvalue weighted by atomic mass is 32.1. The van der Waals surface area contributed by atoms with Crippen LogP contribution in [-0.4, -0.2) is 61.3 Å². The van der Waals surface area contributed by atoms with Crippen molar-refractivity contribution in [2.45, 2.75) is 44.6 Å². The van der Waals surface area contributed by atoms with Gasteiger partial charge >= 0.3 is 0 Å². The molecule has 1 saturated heterocycles. The van der Waals surface area contributed by atoms with Gasteiger partial charge < -0.3 is 10.6 Å². The Balaban J connectivity index is 1.10. The van der Waals surface area contributed by atoms with Gasteiger partial charge in [-0.25, -0.2) is 4.52 Å². The molecule has 0 atom stereocenters. The predicted octanol–water partition coefficient (Wildman–Crippen LogP) is 4.17. The third kappa shape index (κ3) is 4.14. The zero-order valence-electron chi connectivity index (χ0n) is 20.4. The van der Waals surface area contributed by atoms with Crippen molar-refractivity contribution in [2.75, 3.05) is 25.0 Å². The largest absolute Gasteiger partial charge is 0.350 e. The van der Waals surface area contributed by atoms with Crippen molar-refractivity contribution in [1.82, 2.24) is 29.6 Å². The summed E-state index contributed by atoms with van der Waals surface area (Å²) in [6.45, 7) is 4.59. The number of nitrogens with zero attached hydrogens (tertiary/aromatic N) is 5. The van der Waals surface area contributed by atoms with Crippen molar-refractivity contribution in [2.24, 2.45) is 7.05 Å². The Labute approximate surface area is 217 Å². The number of carbonyl (C=O) groups excluding carboxylic acids is 2. The normalized spacial score (nSPS) is 17.1. The fraction of sp³-hybridized carbons (Fsp3) is 0.440. The van der Waals surface area contributed by atoms with Crippen LogP contribution in [0.25, 0.3) is 15.3 Å². The number of aryl methyl sites for hydroxylation is 2. The van der Waals surface area contributed by atoms with Gasteiger partial charge in [-0.05, 0) is 57.2 Å². The molecule has 4 aromatic heterocycles. The van der Waals surface area contributed by atoms with Gasteiger partial charge in [-0.15, -0.1) is 22.7 Å². The van der Waals surface area contributed by atoms with Crippen LogP contribution in [0.15, 0.2) is 30.9 Å². The molecule has 1 aliphatic heterocycles. The third-order valence-electron chi connectivity index (χ3n) is 7.49. The first kappa shape index (κ1) is 23.4. The van der Waals surface area contributed by atoms with Gasteiger partial charge in [0.15, 0.2) is 0 Å². The molecule has 2 N–H and O–H groups in total. The van der Waals surface area contributed by atoms with Crippen LogP contribution in [0.1, 0.15) is 57.7 Å². The van der Waals surface area contributed by atoms with Crippen LogP contribution in [0.4, 0.5) is 5.00 Å². The van der Waals surface area contributed by atoms with Crippen LogP contribution in [-0.2, 0) is 7.05 Å². The van der Waals surface area contributed by atoms with Crippen molar-refractivity contribution >= 4 is 44.3 Å². The van der Waals surface area contributed by atoms with Crippen LogP contribution < -0.4 is 10.6 Å². The Hall–Kier alpha value is -3.02. The fourth-order valence-corrected chi connectivity index (χ4v) is 7.42. The van der Waals surface area contributed by atoms with Gasteiger partial charge in [-0.1, -0.05) is 0 Å². The maximum absolute atomic E-state index is 13.1. The highest BCUT2D eigenvalue weighted by Crippen LogP contribution is 2.45. The first-order valence-electron chi connectivity index (χ1n) is 12.3. The van der Waals surface area contributed by atoms with Crippen LogP contribution in [0.3, 0.4) is 0 Å². The Morgan fingerprint density at radius 2 is 1.92 bits per heavy atom. The molecule has 5 heterocycles. The number of thiazole rings is 1. The molecule has 11 heteroatoms. The summed E-state index contributed by atoms with van der Waals surface area (Å²) in [5.41, 5.74) is 2.78. The van der Waals surface area contributed by atoms with Gasteiger partial charge in [-0.3, -0.25) is 19.2 Å². The fourth-order valence-electron chi connectivity index (χ4n) is 5.40. The molecule has 9 nitrogen and oxygen atoms in total. The first-order valence-corrected chi connectivity index (χ1v) is 14.0. The van der Waals surface area contributed by atoms with E-state index in [1.54, 1.807) is 21.6 Å². The third-order valence-corrected chi connectivity index (χ3v) is 9.80. The van der Waals surface area contributed by atoms with Crippen molar-refractivity contribution in [3.05, 3.63) is 46.9 Å². The zero-order valence-corrected chi connectivity index (χ0v) is 22.0. The standard InChI is InChI=1S/C25H29N7O2S2/c1-16-11-19(22(34)26-8-10-31-9-4-7-25(31)5-3-6-25)35-23(16)29-21(33)18-13-28-32-15-20(36-24(18)32)17-12-27-30(2)14-17/h11-15H,3-10H2,1-2H3,(H,26,34)(H,29,33). The van der Waals surface area contributed by atoms with Gasteiger partial charge in [0.25, 0.3) is 11.8 Å². The van der Waals surface area contributed by atoms with Gasteiger partial charge in [0.2, 0.25) is 0 Å². The molecule has 2 amide bonds. The van der Waals surface area contributed by atoms with Crippen molar-refractivity contribution in [3.8, 4) is 10.4 Å². The van der Waals surface area contributed by atoms with Crippen molar-refractivity contribution < 1.29 is 9.59 Å². The van der Waals surface area contributed by atoms with E-state index in [2.05, 4.69) is 25.7 Å². The Kier molecular flexibility index (Phi) is 5.93. The Morgan fingerprint density at radius 3 is 2.67 bits per heavy atom. The molecule has 0 bridgehead atoms. The highest BCUT2D eigenvalue weighted by Gasteiger charge is 2.44. The van der Waals surface area contributed by atoms with Crippen LogP contribution >= 0.6 is 22.7 Å². The second-order valence-corrected chi connectivity index (χ2v) is 11.9. The number of carbonyl (C=O) groups is 2. The minimum Gasteiger partial charge on any atom is -0.350 e. The smallest absolute Gasteiger partial charge is 0.261 e. The number of hydrogen-bond donors (Lipinski definition) is 2. The number of amides is 2. The molecule has 36 heavy (non-hydrogen) atoms. The lowest BCUT2D eigenvalue weighted by atomic mass is 9.75. The van der Waals surface area contributed by atoms with E-state index in [4.69, 9.17) is 0 Å². The number of anilines is 1. The van der Waals surface area contributed by atoms with Crippen molar-refractivity contribution in [3.63, 3.8) is 0 Å². The summed E-state index contributed by atoms with van der Waals surface area (Å²) < 4.78 is 3.46. The first-order chi connectivity index (χ1) is 17.4. The molecule has 188 valence electrons. The van der Waals surface area contributed by atoms with Crippen molar-refractivity contribution in [1.29, 1.82) is 0 Å². The van der Waals surface area contributed by atoms with E-state index in [9.17, 15) is 9.59 Å². The molecule has 0 aromatic carbocycles. The van der Waals surface area contributed by atoms with Gasteiger partial charge in [0, 0.05) is 43.6 Å². The van der Waals surface area contributed by atoms with Gasteiger partial charge in [0.1, 0.15) is 4.83 Å². The monoisotopic (exact) mass is 523 g/mol. The molecule has 0 radical (unpaired) electrons. The average Bonchev–Trinajstić information content (AvgIpc) is 3.61. The lowest BCUT2D eigenvalue weighted by Crippen LogP contribution is -2.51. The van der Waals surface area contributed by atoms with E-state index in [1.807, 2.05) is 32.4 Å². The number of hydrogen-bond acceptors (Lipinski definition) is 7. The summed E-state index contributed by atoms with van der Waals surface area (Å²) in [5, 5.41) is 15.3. The molecule has 2 aliphatic rings. The second kappa shape index (κ2) is 9.13. The topological polar surface area (TPSA) is 96.6 Å². The quantitative estimate of drug-likeness (QED) is 0.379. The number of rotatable bonds is 7. The molecular weight excluding hydrogens is 494 g/mol. The van der Waals surface area contributed by atoms with E-state index in [0.29, 0.717) is 27.5 Å². The maximum atomic E-state index is 13.1. The highest BCUT2D eigenvalue weighted by molar-refractivity contribution is 7.21. The van der Waals surface area contributed by atoms with Gasteiger partial charge in [0.05, 0.1) is 32.7 Å². The predicted molar refractivity (Wildman–Crippen MR) is 142 cm³/mol. The van der Waals surface area contributed by atoms with E-state index in [0.717, 1.165) is 33.9 Å². The Bertz CT molecular complexity index is 1440. The average molecular weight is 524 g/mol. The number of fused-ring (bicyclic) bond motifs is 1. The molecule has 2 fully saturated rings. The van der Waals surface area contributed by atoms with E-state index in [1.165, 1.54) is 54.8 Å². The molecule has 0 unspecified atom stereocenters. The summed E-state index contributed by atoms with van der Waals surface area (Å²) >= 11 is 2.81. The number of nitrogens with one attached hydrogen (secondary N) is 2. The lowest BCUT2D eigenvalue weighted by Gasteiger charge is -2.46. The SMILES string of the molecule is Cc1cc(C(=O)NCCN2CCCC23CCC3)sc1NC(=O)c1cnn2cc(-c3cnn(C)c3)sc12. The van der Waals surface area contributed by atoms with E-state index in [-0.39, 0.29) is 11.8 Å². The van der Waals surface area contributed by atoms with Gasteiger partial charge in [-0.2, -0.15) is 10.2 Å². The lowest BCUT2D eigenvalue weighted by molar-refractivity contribution is 0.0561.